The topological polar surface area (TPSA) is 69.0 Å². The first-order valence-corrected chi connectivity index (χ1v) is 11.8. The van der Waals surface area contributed by atoms with E-state index in [0.29, 0.717) is 10.7 Å². The summed E-state index contributed by atoms with van der Waals surface area (Å²) in [5.74, 6) is 0.167. The van der Waals surface area contributed by atoms with Gasteiger partial charge < -0.3 is 0 Å². The van der Waals surface area contributed by atoms with Crippen LogP contribution in [-0.2, 0) is 9.84 Å². The standard InChI is InChI=1S/C22H21ClN2O3S/c1-29(27,28)19-11-9-15(10-12-19)20-14-24-25(18-8-4-7-17(23)13-18)22(26)21(20)16-5-2-3-6-16/h4,7-14,16H,2-3,5-6H2,1H3. The number of rotatable bonds is 4. The average molecular weight is 429 g/mol. The first-order valence-electron chi connectivity index (χ1n) is 9.53. The number of hydrogen-bond acceptors (Lipinski definition) is 4. The monoisotopic (exact) mass is 428 g/mol. The van der Waals surface area contributed by atoms with Gasteiger partial charge in [-0.1, -0.05) is 42.6 Å². The van der Waals surface area contributed by atoms with E-state index in [2.05, 4.69) is 5.10 Å². The Hall–Kier alpha value is -2.44. The van der Waals surface area contributed by atoms with E-state index < -0.39 is 9.84 Å². The summed E-state index contributed by atoms with van der Waals surface area (Å²) in [6.07, 6.45) is 6.99. The average Bonchev–Trinajstić information content (AvgIpc) is 3.21. The number of halogens is 1. The highest BCUT2D eigenvalue weighted by Crippen LogP contribution is 2.37. The van der Waals surface area contributed by atoms with Crippen LogP contribution in [0.1, 0.15) is 37.2 Å². The molecule has 150 valence electrons. The molecule has 3 aromatic rings. The van der Waals surface area contributed by atoms with E-state index in [-0.39, 0.29) is 16.4 Å². The molecule has 0 aliphatic heterocycles. The SMILES string of the molecule is CS(=O)(=O)c1ccc(-c2cnn(-c3cccc(Cl)c3)c(=O)c2C2CCCC2)cc1. The van der Waals surface area contributed by atoms with Crippen LogP contribution in [0, 0.1) is 0 Å². The minimum atomic E-state index is -3.28. The number of hydrogen-bond donors (Lipinski definition) is 0. The van der Waals surface area contributed by atoms with E-state index in [4.69, 9.17) is 11.6 Å². The minimum Gasteiger partial charge on any atom is -0.267 e. The lowest BCUT2D eigenvalue weighted by atomic mass is 9.91. The second kappa shape index (κ2) is 7.76. The van der Waals surface area contributed by atoms with Crippen LogP contribution in [0.25, 0.3) is 16.8 Å². The van der Waals surface area contributed by atoms with Gasteiger partial charge in [-0.15, -0.1) is 0 Å². The van der Waals surface area contributed by atoms with Gasteiger partial charge in [0.25, 0.3) is 5.56 Å². The molecule has 5 nitrogen and oxygen atoms in total. The molecule has 7 heteroatoms. The molecule has 0 atom stereocenters. The van der Waals surface area contributed by atoms with Crippen LogP contribution in [0.3, 0.4) is 0 Å². The molecule has 29 heavy (non-hydrogen) atoms. The van der Waals surface area contributed by atoms with Crippen LogP contribution in [-0.4, -0.2) is 24.5 Å². The lowest BCUT2D eigenvalue weighted by molar-refractivity contribution is 0.602. The molecule has 1 aliphatic carbocycles. The first kappa shape index (κ1) is 19.9. The van der Waals surface area contributed by atoms with Crippen LogP contribution in [0.4, 0.5) is 0 Å². The lowest BCUT2D eigenvalue weighted by Crippen LogP contribution is -2.27. The van der Waals surface area contributed by atoms with Gasteiger partial charge in [-0.05, 0) is 54.7 Å². The molecule has 1 saturated carbocycles. The van der Waals surface area contributed by atoms with Gasteiger partial charge >= 0.3 is 0 Å². The number of aromatic nitrogens is 2. The third-order valence-electron chi connectivity index (χ3n) is 5.42. The molecule has 1 fully saturated rings. The first-order chi connectivity index (χ1) is 13.8. The largest absolute Gasteiger partial charge is 0.275 e. The molecule has 0 bridgehead atoms. The van der Waals surface area contributed by atoms with Gasteiger partial charge in [-0.2, -0.15) is 9.78 Å². The zero-order chi connectivity index (χ0) is 20.6. The van der Waals surface area contributed by atoms with Crippen molar-refractivity contribution >= 4 is 21.4 Å². The van der Waals surface area contributed by atoms with Crippen LogP contribution >= 0.6 is 11.6 Å². The summed E-state index contributed by atoms with van der Waals surface area (Å²) in [6, 6.07) is 13.7. The van der Waals surface area contributed by atoms with E-state index in [1.54, 1.807) is 54.7 Å². The molecule has 0 N–H and O–H groups in total. The van der Waals surface area contributed by atoms with Crippen molar-refractivity contribution in [1.29, 1.82) is 0 Å². The van der Waals surface area contributed by atoms with Crippen molar-refractivity contribution < 1.29 is 8.42 Å². The number of sulfone groups is 1. The second-order valence-electron chi connectivity index (χ2n) is 7.45. The molecule has 4 rings (SSSR count). The highest BCUT2D eigenvalue weighted by atomic mass is 35.5. The van der Waals surface area contributed by atoms with E-state index in [1.165, 1.54) is 10.9 Å². The van der Waals surface area contributed by atoms with Gasteiger partial charge in [0.15, 0.2) is 9.84 Å². The Morgan fingerprint density at radius 1 is 1.07 bits per heavy atom. The fourth-order valence-electron chi connectivity index (χ4n) is 3.98. The predicted molar refractivity (Wildman–Crippen MR) is 115 cm³/mol. The van der Waals surface area contributed by atoms with Gasteiger partial charge in [0.05, 0.1) is 16.8 Å². The van der Waals surface area contributed by atoms with Gasteiger partial charge in [0.1, 0.15) is 0 Å². The van der Waals surface area contributed by atoms with E-state index in [1.807, 2.05) is 0 Å². The maximum atomic E-state index is 13.4. The predicted octanol–water partition coefficient (Wildman–Crippen LogP) is 4.61. The molecular formula is C22H21ClN2O3S. The van der Waals surface area contributed by atoms with E-state index >= 15 is 0 Å². The highest BCUT2D eigenvalue weighted by molar-refractivity contribution is 7.90. The zero-order valence-electron chi connectivity index (χ0n) is 16.0. The summed E-state index contributed by atoms with van der Waals surface area (Å²) in [5, 5.41) is 4.94. The number of nitrogens with zero attached hydrogens (tertiary/aromatic N) is 2. The Labute approximate surface area is 174 Å². The summed E-state index contributed by atoms with van der Waals surface area (Å²) in [5.41, 5.74) is 2.77. The summed E-state index contributed by atoms with van der Waals surface area (Å²) in [6.45, 7) is 0. The minimum absolute atomic E-state index is 0.149. The van der Waals surface area contributed by atoms with Crippen molar-refractivity contribution in [3.63, 3.8) is 0 Å². The Bertz CT molecular complexity index is 1210. The Morgan fingerprint density at radius 3 is 2.38 bits per heavy atom. The fraction of sp³-hybridized carbons (Fsp3) is 0.273. The normalized spacial score (nSPS) is 15.0. The summed E-state index contributed by atoms with van der Waals surface area (Å²) < 4.78 is 24.9. The highest BCUT2D eigenvalue weighted by Gasteiger charge is 2.25. The van der Waals surface area contributed by atoms with Crippen molar-refractivity contribution in [2.45, 2.75) is 36.5 Å². The molecule has 1 aromatic heterocycles. The number of benzene rings is 2. The van der Waals surface area contributed by atoms with Gasteiger partial charge in [-0.3, -0.25) is 4.79 Å². The van der Waals surface area contributed by atoms with E-state index in [0.717, 1.165) is 42.4 Å². The third-order valence-corrected chi connectivity index (χ3v) is 6.79. The molecule has 0 spiro atoms. The maximum Gasteiger partial charge on any atom is 0.275 e. The van der Waals surface area contributed by atoms with E-state index in [9.17, 15) is 13.2 Å². The molecule has 0 radical (unpaired) electrons. The van der Waals surface area contributed by atoms with Crippen molar-refractivity contribution in [2.24, 2.45) is 0 Å². The van der Waals surface area contributed by atoms with Crippen LogP contribution < -0.4 is 5.56 Å². The summed E-state index contributed by atoms with van der Waals surface area (Å²) >= 11 is 6.10. The fourth-order valence-corrected chi connectivity index (χ4v) is 4.79. The maximum absolute atomic E-state index is 13.4. The summed E-state index contributed by atoms with van der Waals surface area (Å²) in [7, 11) is -3.28. The van der Waals surface area contributed by atoms with Crippen molar-refractivity contribution in [1.82, 2.24) is 9.78 Å². The van der Waals surface area contributed by atoms with Crippen molar-refractivity contribution in [2.75, 3.05) is 6.26 Å². The smallest absolute Gasteiger partial charge is 0.267 e. The molecule has 2 aromatic carbocycles. The summed E-state index contributed by atoms with van der Waals surface area (Å²) in [4.78, 5) is 13.7. The Kier molecular flexibility index (Phi) is 5.32. The molecule has 1 heterocycles. The van der Waals surface area contributed by atoms with Crippen molar-refractivity contribution in [3.8, 4) is 16.8 Å². The van der Waals surface area contributed by atoms with Gasteiger partial charge in [-0.25, -0.2) is 8.42 Å². The van der Waals surface area contributed by atoms with Gasteiger partial charge in [0.2, 0.25) is 0 Å². The molecule has 0 unspecified atom stereocenters. The van der Waals surface area contributed by atoms with Gasteiger partial charge in [0, 0.05) is 22.4 Å². The quantitative estimate of drug-likeness (QED) is 0.608. The lowest BCUT2D eigenvalue weighted by Gasteiger charge is -2.17. The molecule has 1 aliphatic rings. The zero-order valence-corrected chi connectivity index (χ0v) is 17.6. The van der Waals surface area contributed by atoms with Crippen LogP contribution in [0.2, 0.25) is 5.02 Å². The van der Waals surface area contributed by atoms with Crippen molar-refractivity contribution in [3.05, 3.63) is 75.7 Å². The van der Waals surface area contributed by atoms with Crippen LogP contribution in [0.5, 0.6) is 0 Å². The van der Waals surface area contributed by atoms with Crippen LogP contribution in [0.15, 0.2) is 64.4 Å². The Balaban J connectivity index is 1.88. The Morgan fingerprint density at radius 2 is 1.76 bits per heavy atom. The molecule has 0 amide bonds. The second-order valence-corrected chi connectivity index (χ2v) is 9.90. The third kappa shape index (κ3) is 4.00. The molecular weight excluding hydrogens is 408 g/mol. The molecule has 0 saturated heterocycles.